The van der Waals surface area contributed by atoms with Crippen molar-refractivity contribution in [3.05, 3.63) is 17.7 Å². The van der Waals surface area contributed by atoms with E-state index in [2.05, 4.69) is 4.98 Å². The standard InChI is InChI=1S/C6H7F3N2/c1-4-3-11(2)5(10-4)6(7,8)9/h3H,1-2H3. The average molecular weight is 164 g/mol. The number of halogens is 3. The first-order valence-electron chi connectivity index (χ1n) is 2.98. The van der Waals surface area contributed by atoms with Crippen molar-refractivity contribution in [2.24, 2.45) is 7.05 Å². The Morgan fingerprint density at radius 1 is 1.45 bits per heavy atom. The van der Waals surface area contributed by atoms with Crippen molar-refractivity contribution in [1.82, 2.24) is 9.55 Å². The quantitative estimate of drug-likeness (QED) is 0.571. The summed E-state index contributed by atoms with van der Waals surface area (Å²) in [5.41, 5.74) is 0.375. The van der Waals surface area contributed by atoms with Gasteiger partial charge in [-0.1, -0.05) is 0 Å². The van der Waals surface area contributed by atoms with E-state index in [4.69, 9.17) is 0 Å². The number of hydrogen-bond donors (Lipinski definition) is 0. The fourth-order valence-corrected chi connectivity index (χ4v) is 0.880. The van der Waals surface area contributed by atoms with Crippen molar-refractivity contribution in [3.8, 4) is 0 Å². The van der Waals surface area contributed by atoms with Crippen LogP contribution in [0.2, 0.25) is 0 Å². The number of aryl methyl sites for hydroxylation is 2. The maximum absolute atomic E-state index is 12.0. The second kappa shape index (κ2) is 2.25. The fourth-order valence-electron chi connectivity index (χ4n) is 0.880. The molecular formula is C6H7F3N2. The molecule has 0 saturated carbocycles. The van der Waals surface area contributed by atoms with Crippen LogP contribution in [-0.4, -0.2) is 9.55 Å². The third kappa shape index (κ3) is 1.53. The van der Waals surface area contributed by atoms with Crippen molar-refractivity contribution in [1.29, 1.82) is 0 Å². The molecule has 2 nitrogen and oxygen atoms in total. The maximum atomic E-state index is 12.0. The highest BCUT2D eigenvalue weighted by Gasteiger charge is 2.35. The molecule has 0 aliphatic rings. The molecule has 5 heteroatoms. The van der Waals surface area contributed by atoms with Crippen LogP contribution in [0.15, 0.2) is 6.20 Å². The molecule has 11 heavy (non-hydrogen) atoms. The predicted octanol–water partition coefficient (Wildman–Crippen LogP) is 1.75. The largest absolute Gasteiger partial charge is 0.449 e. The molecule has 0 fully saturated rings. The van der Waals surface area contributed by atoms with E-state index in [1.165, 1.54) is 20.2 Å². The smallest absolute Gasteiger partial charge is 0.330 e. The maximum Gasteiger partial charge on any atom is 0.449 e. The van der Waals surface area contributed by atoms with Gasteiger partial charge in [-0.25, -0.2) is 4.98 Å². The third-order valence-corrected chi connectivity index (χ3v) is 1.25. The minimum atomic E-state index is -4.34. The van der Waals surface area contributed by atoms with Crippen LogP contribution in [0.25, 0.3) is 0 Å². The van der Waals surface area contributed by atoms with Crippen molar-refractivity contribution >= 4 is 0 Å². The summed E-state index contributed by atoms with van der Waals surface area (Å²) in [6, 6.07) is 0. The lowest BCUT2D eigenvalue weighted by molar-refractivity contribution is -0.146. The molecule has 0 aliphatic carbocycles. The molecule has 0 radical (unpaired) electrons. The van der Waals surface area contributed by atoms with Gasteiger partial charge < -0.3 is 4.57 Å². The minimum absolute atomic E-state index is 0.375. The normalized spacial score (nSPS) is 12.1. The van der Waals surface area contributed by atoms with Crippen molar-refractivity contribution < 1.29 is 13.2 Å². The Bertz CT molecular complexity index is 261. The highest BCUT2D eigenvalue weighted by Crippen LogP contribution is 2.27. The molecule has 0 saturated heterocycles. The van der Waals surface area contributed by atoms with Crippen LogP contribution in [0.1, 0.15) is 11.5 Å². The van der Waals surface area contributed by atoms with Gasteiger partial charge in [0.15, 0.2) is 0 Å². The predicted molar refractivity (Wildman–Crippen MR) is 32.9 cm³/mol. The number of alkyl halides is 3. The Morgan fingerprint density at radius 2 is 2.00 bits per heavy atom. The molecule has 62 valence electrons. The van der Waals surface area contributed by atoms with Gasteiger partial charge in [0.25, 0.3) is 0 Å². The van der Waals surface area contributed by atoms with Gasteiger partial charge in [0, 0.05) is 13.2 Å². The second-order valence-electron chi connectivity index (χ2n) is 2.31. The monoisotopic (exact) mass is 164 g/mol. The Kier molecular flexibility index (Phi) is 1.66. The Morgan fingerprint density at radius 3 is 2.18 bits per heavy atom. The number of imidazole rings is 1. The lowest BCUT2D eigenvalue weighted by atomic mass is 10.6. The number of nitrogens with zero attached hydrogens (tertiary/aromatic N) is 2. The average Bonchev–Trinajstić information content (AvgIpc) is 2.08. The number of hydrogen-bond acceptors (Lipinski definition) is 1. The summed E-state index contributed by atoms with van der Waals surface area (Å²) in [6.07, 6.45) is -3.01. The van der Waals surface area contributed by atoms with Crippen molar-refractivity contribution in [3.63, 3.8) is 0 Å². The first-order chi connectivity index (χ1) is 4.91. The van der Waals surface area contributed by atoms with Gasteiger partial charge in [-0.3, -0.25) is 0 Å². The van der Waals surface area contributed by atoms with E-state index in [9.17, 15) is 13.2 Å². The molecule has 0 aromatic carbocycles. The summed E-state index contributed by atoms with van der Waals surface area (Å²) in [5, 5.41) is 0. The molecule has 1 aromatic rings. The van der Waals surface area contributed by atoms with E-state index in [1.807, 2.05) is 0 Å². The van der Waals surface area contributed by atoms with E-state index < -0.39 is 12.0 Å². The molecule has 0 atom stereocenters. The van der Waals surface area contributed by atoms with Crippen LogP contribution < -0.4 is 0 Å². The number of aromatic nitrogens is 2. The zero-order chi connectivity index (χ0) is 8.65. The summed E-state index contributed by atoms with van der Waals surface area (Å²) in [4.78, 5) is 3.32. The van der Waals surface area contributed by atoms with Crippen molar-refractivity contribution in [2.75, 3.05) is 0 Å². The molecule has 1 aromatic heterocycles. The molecule has 0 amide bonds. The van der Waals surface area contributed by atoms with Gasteiger partial charge in [-0.05, 0) is 6.92 Å². The second-order valence-corrected chi connectivity index (χ2v) is 2.31. The van der Waals surface area contributed by atoms with Gasteiger partial charge in [0.05, 0.1) is 5.69 Å². The molecule has 1 rings (SSSR count). The third-order valence-electron chi connectivity index (χ3n) is 1.25. The highest BCUT2D eigenvalue weighted by atomic mass is 19.4. The van der Waals surface area contributed by atoms with Gasteiger partial charge in [-0.15, -0.1) is 0 Å². The molecule has 1 heterocycles. The van der Waals surface area contributed by atoms with Gasteiger partial charge in [0.1, 0.15) is 0 Å². The zero-order valence-electron chi connectivity index (χ0n) is 6.11. The van der Waals surface area contributed by atoms with E-state index in [0.29, 0.717) is 5.69 Å². The zero-order valence-corrected chi connectivity index (χ0v) is 6.11. The topological polar surface area (TPSA) is 17.8 Å². The van der Waals surface area contributed by atoms with Gasteiger partial charge >= 0.3 is 6.18 Å². The van der Waals surface area contributed by atoms with Crippen LogP contribution in [0, 0.1) is 6.92 Å². The van der Waals surface area contributed by atoms with Gasteiger partial charge in [-0.2, -0.15) is 13.2 Å². The van der Waals surface area contributed by atoms with E-state index in [1.54, 1.807) is 0 Å². The molecular weight excluding hydrogens is 157 g/mol. The first-order valence-corrected chi connectivity index (χ1v) is 2.98. The lowest BCUT2D eigenvalue weighted by Crippen LogP contribution is -2.12. The highest BCUT2D eigenvalue weighted by molar-refractivity contribution is 5.03. The summed E-state index contributed by atoms with van der Waals surface area (Å²) in [7, 11) is 1.32. The van der Waals surface area contributed by atoms with E-state index >= 15 is 0 Å². The van der Waals surface area contributed by atoms with E-state index in [-0.39, 0.29) is 0 Å². The molecule has 0 spiro atoms. The van der Waals surface area contributed by atoms with Crippen LogP contribution in [0.3, 0.4) is 0 Å². The molecule has 0 bridgehead atoms. The minimum Gasteiger partial charge on any atom is -0.330 e. The Balaban J connectivity index is 3.13. The Hall–Kier alpha value is -1.00. The summed E-state index contributed by atoms with van der Waals surface area (Å²) in [5.74, 6) is -0.852. The molecule has 0 unspecified atom stereocenters. The van der Waals surface area contributed by atoms with Crippen molar-refractivity contribution in [2.45, 2.75) is 13.1 Å². The summed E-state index contributed by atoms with van der Waals surface area (Å²) in [6.45, 7) is 1.52. The van der Waals surface area contributed by atoms with E-state index in [0.717, 1.165) is 4.57 Å². The summed E-state index contributed by atoms with van der Waals surface area (Å²) >= 11 is 0. The number of rotatable bonds is 0. The first kappa shape index (κ1) is 8.10. The fraction of sp³-hybridized carbons (Fsp3) is 0.500. The van der Waals surface area contributed by atoms with Gasteiger partial charge in [0.2, 0.25) is 5.82 Å². The summed E-state index contributed by atoms with van der Waals surface area (Å²) < 4.78 is 36.9. The van der Waals surface area contributed by atoms with Crippen LogP contribution in [0.4, 0.5) is 13.2 Å². The Labute approximate surface area is 61.7 Å². The SMILES string of the molecule is Cc1cn(C)c(C(F)(F)F)n1. The lowest BCUT2D eigenvalue weighted by Gasteiger charge is -2.04. The van der Waals surface area contributed by atoms with Crippen LogP contribution in [-0.2, 0) is 13.2 Å². The van der Waals surface area contributed by atoms with Crippen LogP contribution >= 0.6 is 0 Å². The van der Waals surface area contributed by atoms with Crippen LogP contribution in [0.5, 0.6) is 0 Å². The molecule has 0 N–H and O–H groups in total. The molecule has 0 aliphatic heterocycles.